The fraction of sp³-hybridized carbons (Fsp3) is 0.333. The van der Waals surface area contributed by atoms with Crippen LogP contribution in [0.15, 0.2) is 31.0 Å². The third kappa shape index (κ3) is 3.67. The summed E-state index contributed by atoms with van der Waals surface area (Å²) in [6.07, 6.45) is 3.70. The minimum atomic E-state index is -3.17. The zero-order chi connectivity index (χ0) is 15.6. The number of hydrogen-bond donors (Lipinski definition) is 1. The van der Waals surface area contributed by atoms with Crippen LogP contribution < -0.4 is 0 Å². The Hall–Kier alpha value is -1.30. The lowest BCUT2D eigenvalue weighted by atomic mass is 10.0. The van der Waals surface area contributed by atoms with E-state index in [1.54, 1.807) is 0 Å². The van der Waals surface area contributed by atoms with Gasteiger partial charge in [0.1, 0.15) is 0 Å². The number of aromatic nitrogens is 1. The molecule has 0 saturated carbocycles. The number of hydrogen-bond acceptors (Lipinski definition) is 2. The predicted molar refractivity (Wildman–Crippen MR) is 89.1 cm³/mol. The Morgan fingerprint density at radius 2 is 2.14 bits per heavy atom. The third-order valence-electron chi connectivity index (χ3n) is 3.51. The zero-order valence-corrected chi connectivity index (χ0v) is 13.8. The number of H-pyrrole nitrogens is 1. The summed E-state index contributed by atoms with van der Waals surface area (Å²) in [6, 6.07) is 5.64. The standard InChI is InChI=1S/C15H19ClN2O2S/c1-4-18(21(3,19)20)8-7-11(2)14-10-17-15-6-5-12(16)9-13(14)15/h5-6,9-10,17H,2,4,7-8H2,1,3H3. The van der Waals surface area contributed by atoms with Crippen molar-refractivity contribution < 1.29 is 8.42 Å². The highest BCUT2D eigenvalue weighted by molar-refractivity contribution is 7.88. The van der Waals surface area contributed by atoms with Gasteiger partial charge in [0.15, 0.2) is 0 Å². The van der Waals surface area contributed by atoms with Gasteiger partial charge in [-0.25, -0.2) is 12.7 Å². The first kappa shape index (κ1) is 16.1. The van der Waals surface area contributed by atoms with E-state index in [9.17, 15) is 8.42 Å². The quantitative estimate of drug-likeness (QED) is 0.883. The Kier molecular flexibility index (Phi) is 4.76. The molecule has 0 amide bonds. The van der Waals surface area contributed by atoms with Crippen LogP contribution in [-0.2, 0) is 10.0 Å². The molecule has 21 heavy (non-hydrogen) atoms. The smallest absolute Gasteiger partial charge is 0.211 e. The largest absolute Gasteiger partial charge is 0.361 e. The molecule has 6 heteroatoms. The zero-order valence-electron chi connectivity index (χ0n) is 12.2. The molecule has 1 N–H and O–H groups in total. The Bertz CT molecular complexity index is 765. The second-order valence-electron chi connectivity index (χ2n) is 5.00. The fourth-order valence-electron chi connectivity index (χ4n) is 2.34. The van der Waals surface area contributed by atoms with Gasteiger partial charge in [0.05, 0.1) is 6.26 Å². The molecule has 0 spiro atoms. The van der Waals surface area contributed by atoms with E-state index in [1.807, 2.05) is 31.3 Å². The van der Waals surface area contributed by atoms with Gasteiger partial charge >= 0.3 is 0 Å². The Balaban J connectivity index is 2.18. The topological polar surface area (TPSA) is 53.2 Å². The van der Waals surface area contributed by atoms with E-state index in [0.29, 0.717) is 24.5 Å². The highest BCUT2D eigenvalue weighted by Crippen LogP contribution is 2.28. The summed E-state index contributed by atoms with van der Waals surface area (Å²) < 4.78 is 24.6. The second kappa shape index (κ2) is 6.22. The number of nitrogens with one attached hydrogen (secondary N) is 1. The highest BCUT2D eigenvalue weighted by Gasteiger charge is 2.15. The first-order valence-corrected chi connectivity index (χ1v) is 8.95. The van der Waals surface area contributed by atoms with E-state index in [2.05, 4.69) is 11.6 Å². The van der Waals surface area contributed by atoms with Gasteiger partial charge in [0.25, 0.3) is 0 Å². The van der Waals surface area contributed by atoms with Crippen LogP contribution in [0.2, 0.25) is 5.02 Å². The Morgan fingerprint density at radius 1 is 1.43 bits per heavy atom. The molecular weight excluding hydrogens is 308 g/mol. The third-order valence-corrected chi connectivity index (χ3v) is 5.12. The van der Waals surface area contributed by atoms with Crippen LogP contribution in [0.5, 0.6) is 0 Å². The normalized spacial score (nSPS) is 12.2. The first-order chi connectivity index (χ1) is 9.82. The molecule has 1 heterocycles. The molecule has 1 aromatic carbocycles. The van der Waals surface area contributed by atoms with Crippen molar-refractivity contribution in [1.29, 1.82) is 0 Å². The molecule has 0 aliphatic heterocycles. The van der Waals surface area contributed by atoms with Crippen molar-refractivity contribution in [3.8, 4) is 0 Å². The average Bonchev–Trinajstić information content (AvgIpc) is 2.80. The second-order valence-corrected chi connectivity index (χ2v) is 7.42. The van der Waals surface area contributed by atoms with Crippen molar-refractivity contribution in [2.24, 2.45) is 0 Å². The summed E-state index contributed by atoms with van der Waals surface area (Å²) in [6.45, 7) is 6.81. The van der Waals surface area contributed by atoms with E-state index in [-0.39, 0.29) is 0 Å². The molecule has 0 atom stereocenters. The molecule has 0 radical (unpaired) electrons. The molecular formula is C15H19ClN2O2S. The van der Waals surface area contributed by atoms with Crippen LogP contribution in [0.4, 0.5) is 0 Å². The number of halogens is 1. The molecule has 4 nitrogen and oxygen atoms in total. The Morgan fingerprint density at radius 3 is 2.76 bits per heavy atom. The monoisotopic (exact) mass is 326 g/mol. The maximum atomic E-state index is 11.6. The SMILES string of the molecule is C=C(CCN(CC)S(C)(=O)=O)c1c[nH]c2ccc(Cl)cc12. The van der Waals surface area contributed by atoms with Gasteiger partial charge in [-0.05, 0) is 30.2 Å². The number of benzene rings is 1. The van der Waals surface area contributed by atoms with Gasteiger partial charge in [-0.2, -0.15) is 0 Å². The van der Waals surface area contributed by atoms with Gasteiger partial charge in [-0.1, -0.05) is 25.1 Å². The first-order valence-electron chi connectivity index (χ1n) is 6.73. The molecule has 0 saturated heterocycles. The maximum absolute atomic E-state index is 11.6. The van der Waals surface area contributed by atoms with Gasteiger partial charge in [-0.15, -0.1) is 0 Å². The van der Waals surface area contributed by atoms with Crippen molar-refractivity contribution in [3.63, 3.8) is 0 Å². The minimum Gasteiger partial charge on any atom is -0.361 e. The van der Waals surface area contributed by atoms with Crippen LogP contribution in [0.25, 0.3) is 16.5 Å². The average molecular weight is 327 g/mol. The van der Waals surface area contributed by atoms with E-state index in [4.69, 9.17) is 11.6 Å². The van der Waals surface area contributed by atoms with Crippen molar-refractivity contribution in [2.75, 3.05) is 19.3 Å². The molecule has 0 unspecified atom stereocenters. The number of nitrogens with zero attached hydrogens (tertiary/aromatic N) is 1. The van der Waals surface area contributed by atoms with Crippen molar-refractivity contribution in [2.45, 2.75) is 13.3 Å². The number of rotatable bonds is 6. The van der Waals surface area contributed by atoms with E-state index >= 15 is 0 Å². The lowest BCUT2D eigenvalue weighted by Crippen LogP contribution is -2.30. The molecule has 0 bridgehead atoms. The molecule has 114 valence electrons. The lowest BCUT2D eigenvalue weighted by Gasteiger charge is -2.18. The molecule has 2 aromatic rings. The summed E-state index contributed by atoms with van der Waals surface area (Å²) >= 11 is 6.03. The Labute approximate surface area is 130 Å². The summed E-state index contributed by atoms with van der Waals surface area (Å²) in [4.78, 5) is 3.18. The summed E-state index contributed by atoms with van der Waals surface area (Å²) in [5.41, 5.74) is 2.87. The van der Waals surface area contributed by atoms with Gasteiger partial charge in [-0.3, -0.25) is 0 Å². The molecule has 1 aromatic heterocycles. The fourth-order valence-corrected chi connectivity index (χ4v) is 3.40. The van der Waals surface area contributed by atoms with E-state index < -0.39 is 10.0 Å². The van der Waals surface area contributed by atoms with Gasteiger partial charge < -0.3 is 4.98 Å². The van der Waals surface area contributed by atoms with Crippen LogP contribution in [-0.4, -0.2) is 37.1 Å². The summed E-state index contributed by atoms with van der Waals surface area (Å²) in [5, 5.41) is 1.68. The number of aromatic amines is 1. The van der Waals surface area contributed by atoms with Crippen LogP contribution in [0.1, 0.15) is 18.9 Å². The molecule has 0 aliphatic rings. The van der Waals surface area contributed by atoms with Crippen LogP contribution in [0.3, 0.4) is 0 Å². The molecule has 0 fully saturated rings. The van der Waals surface area contributed by atoms with Crippen molar-refractivity contribution in [3.05, 3.63) is 41.6 Å². The molecule has 2 rings (SSSR count). The van der Waals surface area contributed by atoms with Crippen molar-refractivity contribution in [1.82, 2.24) is 9.29 Å². The summed E-state index contributed by atoms with van der Waals surface area (Å²) in [7, 11) is -3.17. The summed E-state index contributed by atoms with van der Waals surface area (Å²) in [5.74, 6) is 0. The van der Waals surface area contributed by atoms with Crippen LogP contribution >= 0.6 is 11.6 Å². The van der Waals surface area contributed by atoms with Crippen molar-refractivity contribution >= 4 is 38.1 Å². The maximum Gasteiger partial charge on any atom is 0.211 e. The highest BCUT2D eigenvalue weighted by atomic mass is 35.5. The number of fused-ring (bicyclic) bond motifs is 1. The van der Waals surface area contributed by atoms with Crippen LogP contribution in [0, 0.1) is 0 Å². The minimum absolute atomic E-state index is 0.432. The van der Waals surface area contributed by atoms with E-state index in [0.717, 1.165) is 22.0 Å². The molecule has 0 aliphatic carbocycles. The van der Waals surface area contributed by atoms with E-state index in [1.165, 1.54) is 10.6 Å². The number of sulfonamides is 1. The lowest BCUT2D eigenvalue weighted by molar-refractivity contribution is 0.440. The van der Waals surface area contributed by atoms with Gasteiger partial charge in [0.2, 0.25) is 10.0 Å². The van der Waals surface area contributed by atoms with Gasteiger partial charge in [0, 0.05) is 40.8 Å². The predicted octanol–water partition coefficient (Wildman–Crippen LogP) is 3.51.